The Hall–Kier alpha value is -1.91. The van der Waals surface area contributed by atoms with Crippen LogP contribution in [-0.4, -0.2) is 32.9 Å². The third-order valence-corrected chi connectivity index (χ3v) is 3.62. The van der Waals surface area contributed by atoms with Crippen molar-refractivity contribution in [2.75, 3.05) is 21.3 Å². The molecule has 0 amide bonds. The average molecular weight is 334 g/mol. The van der Waals surface area contributed by atoms with Crippen molar-refractivity contribution in [2.45, 2.75) is 0 Å². The molecule has 0 heterocycles. The Bertz CT molecular complexity index is 542. The van der Waals surface area contributed by atoms with E-state index in [-0.39, 0.29) is 0 Å². The van der Waals surface area contributed by atoms with Crippen molar-refractivity contribution in [1.82, 2.24) is 0 Å². The molecule has 2 aromatic rings. The van der Waals surface area contributed by atoms with Crippen LogP contribution in [0.25, 0.3) is 0 Å². The van der Waals surface area contributed by atoms with Crippen molar-refractivity contribution in [3.8, 4) is 0 Å². The van der Waals surface area contributed by atoms with Crippen molar-refractivity contribution in [1.29, 1.82) is 0 Å². The number of carbonyl (C=O) groups excluding carboxylic acids is 2. The maximum absolute atomic E-state index is 11.8. The van der Waals surface area contributed by atoms with Gasteiger partial charge >= 0.3 is 8.60 Å². The number of hydrogen-bond acceptors (Lipinski definition) is 5. The normalized spacial score (nSPS) is 9.91. The minimum atomic E-state index is -1.05. The first-order valence-electron chi connectivity index (χ1n) is 6.75. The zero-order valence-electron chi connectivity index (χ0n) is 13.3. The molecule has 0 unspecified atom stereocenters. The molecule has 2 aromatic carbocycles. The highest BCUT2D eigenvalue weighted by Gasteiger charge is 2.16. The number of Topliss-reactive ketones (excluding diaryl/α,β-unsaturated/α-hetero) is 2. The molecule has 0 spiro atoms. The predicted octanol–water partition coefficient (Wildman–Crippen LogP) is 3.90. The first-order valence-corrected chi connectivity index (χ1v) is 7.85. The molecular formula is C17H19O5P. The molecule has 0 saturated heterocycles. The van der Waals surface area contributed by atoms with Gasteiger partial charge in [-0.05, 0) is 0 Å². The van der Waals surface area contributed by atoms with E-state index in [1.54, 1.807) is 69.9 Å². The van der Waals surface area contributed by atoms with Crippen LogP contribution in [0.2, 0.25) is 0 Å². The van der Waals surface area contributed by atoms with Gasteiger partial charge in [0.25, 0.3) is 0 Å². The maximum Gasteiger partial charge on any atom is 0.331 e. The Balaban J connectivity index is 0.000000322. The van der Waals surface area contributed by atoms with Crippen LogP contribution < -0.4 is 0 Å². The lowest BCUT2D eigenvalue weighted by Gasteiger charge is -2.05. The van der Waals surface area contributed by atoms with Crippen molar-refractivity contribution in [2.24, 2.45) is 0 Å². The first kappa shape index (κ1) is 19.1. The number of rotatable bonds is 6. The van der Waals surface area contributed by atoms with Gasteiger partial charge in [0, 0.05) is 32.5 Å². The molecule has 6 heteroatoms. The fourth-order valence-corrected chi connectivity index (χ4v) is 2.11. The highest BCUT2D eigenvalue weighted by molar-refractivity contribution is 7.41. The summed E-state index contributed by atoms with van der Waals surface area (Å²) >= 11 is 0. The molecule has 5 nitrogen and oxygen atoms in total. The van der Waals surface area contributed by atoms with E-state index in [0.29, 0.717) is 11.1 Å². The largest absolute Gasteiger partial charge is 0.331 e. The quantitative estimate of drug-likeness (QED) is 0.455. The smallest absolute Gasteiger partial charge is 0.316 e. The number of hydrogen-bond donors (Lipinski definition) is 0. The number of carbonyl (C=O) groups is 2. The number of benzene rings is 2. The average Bonchev–Trinajstić information content (AvgIpc) is 2.64. The van der Waals surface area contributed by atoms with E-state index in [9.17, 15) is 9.59 Å². The SMILES string of the molecule is COP(OC)OC.O=C(C(=O)c1ccccc1)c1ccccc1. The molecule has 0 N–H and O–H groups in total. The third kappa shape index (κ3) is 6.38. The van der Waals surface area contributed by atoms with Gasteiger partial charge in [0.2, 0.25) is 11.6 Å². The molecule has 122 valence electrons. The van der Waals surface area contributed by atoms with E-state index in [4.69, 9.17) is 0 Å². The second kappa shape index (κ2) is 10.8. The van der Waals surface area contributed by atoms with Crippen LogP contribution in [0.4, 0.5) is 0 Å². The first-order chi connectivity index (χ1) is 11.1. The van der Waals surface area contributed by atoms with Crippen molar-refractivity contribution >= 4 is 20.2 Å². The van der Waals surface area contributed by atoms with E-state index in [1.807, 2.05) is 12.1 Å². The minimum Gasteiger partial charge on any atom is -0.316 e. The summed E-state index contributed by atoms with van der Waals surface area (Å²) in [5.41, 5.74) is 0.854. The molecule has 23 heavy (non-hydrogen) atoms. The summed E-state index contributed by atoms with van der Waals surface area (Å²) in [5.74, 6) is -0.932. The van der Waals surface area contributed by atoms with E-state index in [2.05, 4.69) is 13.6 Å². The molecule has 0 radical (unpaired) electrons. The van der Waals surface area contributed by atoms with E-state index in [0.717, 1.165) is 0 Å². The Morgan fingerprint density at radius 3 is 1.17 bits per heavy atom. The second-order valence-corrected chi connectivity index (χ2v) is 5.70. The number of ketones is 2. The summed E-state index contributed by atoms with van der Waals surface area (Å²) in [6.45, 7) is 0. The summed E-state index contributed by atoms with van der Waals surface area (Å²) in [6, 6.07) is 17.2. The predicted molar refractivity (Wildman–Crippen MR) is 89.5 cm³/mol. The Morgan fingerprint density at radius 2 is 0.957 bits per heavy atom. The summed E-state index contributed by atoms with van der Waals surface area (Å²) in [4.78, 5) is 23.6. The van der Waals surface area contributed by atoms with E-state index >= 15 is 0 Å². The van der Waals surface area contributed by atoms with Gasteiger partial charge in [-0.1, -0.05) is 60.7 Å². The van der Waals surface area contributed by atoms with Crippen LogP contribution in [-0.2, 0) is 13.6 Å². The highest BCUT2D eigenvalue weighted by Crippen LogP contribution is 2.35. The third-order valence-electron chi connectivity index (χ3n) is 2.73. The topological polar surface area (TPSA) is 61.8 Å². The maximum atomic E-state index is 11.8. The zero-order valence-corrected chi connectivity index (χ0v) is 14.2. The fourth-order valence-electron chi connectivity index (χ4n) is 1.66. The van der Waals surface area contributed by atoms with Crippen LogP contribution in [0, 0.1) is 0 Å². The van der Waals surface area contributed by atoms with Gasteiger partial charge in [0.1, 0.15) is 0 Å². The molecule has 2 rings (SSSR count). The summed E-state index contributed by atoms with van der Waals surface area (Å²) < 4.78 is 14.0. The van der Waals surface area contributed by atoms with Crippen molar-refractivity contribution in [3.05, 3.63) is 71.8 Å². The van der Waals surface area contributed by atoms with Gasteiger partial charge < -0.3 is 13.6 Å². The Kier molecular flexibility index (Phi) is 8.95. The van der Waals surface area contributed by atoms with Crippen LogP contribution in [0.1, 0.15) is 20.7 Å². The molecule has 0 fully saturated rings. The van der Waals surface area contributed by atoms with Crippen molar-refractivity contribution < 1.29 is 23.2 Å². The monoisotopic (exact) mass is 334 g/mol. The second-order valence-electron chi connectivity index (χ2n) is 4.16. The van der Waals surface area contributed by atoms with Crippen LogP contribution >= 0.6 is 8.60 Å². The van der Waals surface area contributed by atoms with Crippen LogP contribution in [0.15, 0.2) is 60.7 Å². The lowest BCUT2D eigenvalue weighted by molar-refractivity contribution is 0.0817. The highest BCUT2D eigenvalue weighted by atomic mass is 31.2. The molecule has 0 aromatic heterocycles. The molecule has 0 bridgehead atoms. The van der Waals surface area contributed by atoms with Gasteiger partial charge in [-0.15, -0.1) is 0 Å². The Morgan fingerprint density at radius 1 is 0.652 bits per heavy atom. The molecular weight excluding hydrogens is 315 g/mol. The van der Waals surface area contributed by atoms with Gasteiger partial charge in [0.05, 0.1) is 0 Å². The van der Waals surface area contributed by atoms with Gasteiger partial charge in [-0.2, -0.15) is 0 Å². The Labute approximate surface area is 137 Å². The summed E-state index contributed by atoms with van der Waals surface area (Å²) in [6.07, 6.45) is 0. The van der Waals surface area contributed by atoms with E-state index in [1.165, 1.54) is 0 Å². The van der Waals surface area contributed by atoms with Gasteiger partial charge in [-0.3, -0.25) is 9.59 Å². The van der Waals surface area contributed by atoms with Crippen molar-refractivity contribution in [3.63, 3.8) is 0 Å². The molecule has 0 aliphatic heterocycles. The zero-order chi connectivity index (χ0) is 17.1. The fraction of sp³-hybridized carbons (Fsp3) is 0.176. The minimum absolute atomic E-state index is 0.427. The van der Waals surface area contributed by atoms with Gasteiger partial charge in [0.15, 0.2) is 0 Å². The lowest BCUT2D eigenvalue weighted by atomic mass is 10.0. The summed E-state index contributed by atoms with van der Waals surface area (Å²) in [7, 11) is 3.57. The molecule has 0 aliphatic rings. The standard InChI is InChI=1S/C14H10O2.C3H9O3P/c15-13(11-7-3-1-4-8-11)14(16)12-9-5-2-6-10-12;1-4-7(5-2)6-3/h1-10H;1-3H3. The molecule has 0 saturated carbocycles. The lowest BCUT2D eigenvalue weighted by Crippen LogP contribution is -2.14. The summed E-state index contributed by atoms with van der Waals surface area (Å²) in [5, 5.41) is 0. The molecule has 0 aliphatic carbocycles. The van der Waals surface area contributed by atoms with Crippen LogP contribution in [0.5, 0.6) is 0 Å². The van der Waals surface area contributed by atoms with Gasteiger partial charge in [-0.25, -0.2) is 0 Å². The molecule has 0 atom stereocenters. The van der Waals surface area contributed by atoms with E-state index < -0.39 is 20.2 Å². The van der Waals surface area contributed by atoms with Crippen LogP contribution in [0.3, 0.4) is 0 Å².